The fourth-order valence-corrected chi connectivity index (χ4v) is 2.99. The summed E-state index contributed by atoms with van der Waals surface area (Å²) in [5.74, 6) is -0.583. The third-order valence-electron chi connectivity index (χ3n) is 4.59. The Morgan fingerprint density at radius 1 is 0.867 bits per heavy atom. The van der Waals surface area contributed by atoms with Crippen molar-refractivity contribution in [3.05, 3.63) is 94.5 Å². The van der Waals surface area contributed by atoms with E-state index in [0.717, 1.165) is 22.3 Å². The SMILES string of the molecule is Cc1cccc(COc2ccccc2C(=O)OCC(=O)Nc2cc(C)ccc2C)c1. The first-order chi connectivity index (χ1) is 14.4. The van der Waals surface area contributed by atoms with Crippen LogP contribution in [0.3, 0.4) is 0 Å². The zero-order valence-electron chi connectivity index (χ0n) is 17.4. The van der Waals surface area contributed by atoms with Crippen LogP contribution in [0, 0.1) is 20.8 Å². The molecule has 3 aromatic carbocycles. The summed E-state index contributed by atoms with van der Waals surface area (Å²) >= 11 is 0. The van der Waals surface area contributed by atoms with E-state index >= 15 is 0 Å². The molecule has 154 valence electrons. The summed E-state index contributed by atoms with van der Waals surface area (Å²) in [5, 5.41) is 2.78. The van der Waals surface area contributed by atoms with Crippen LogP contribution in [-0.2, 0) is 16.1 Å². The molecule has 0 spiro atoms. The van der Waals surface area contributed by atoms with Gasteiger partial charge in [-0.05, 0) is 55.7 Å². The summed E-state index contributed by atoms with van der Waals surface area (Å²) in [7, 11) is 0. The number of carbonyl (C=O) groups excluding carboxylic acids is 2. The number of carbonyl (C=O) groups is 2. The summed E-state index contributed by atoms with van der Waals surface area (Å²) in [6.45, 7) is 5.82. The van der Waals surface area contributed by atoms with E-state index in [1.165, 1.54) is 0 Å². The van der Waals surface area contributed by atoms with Gasteiger partial charge in [0.1, 0.15) is 17.9 Å². The summed E-state index contributed by atoms with van der Waals surface area (Å²) in [4.78, 5) is 24.7. The molecule has 0 unspecified atom stereocenters. The standard InChI is InChI=1S/C25H25NO4/c1-17-7-6-8-20(13-17)15-29-23-10-5-4-9-21(23)25(28)30-16-24(27)26-22-14-18(2)11-12-19(22)3/h4-14H,15-16H2,1-3H3,(H,26,27). The number of aryl methyl sites for hydroxylation is 3. The Morgan fingerprint density at radius 3 is 2.43 bits per heavy atom. The smallest absolute Gasteiger partial charge is 0.342 e. The van der Waals surface area contributed by atoms with Crippen molar-refractivity contribution in [1.29, 1.82) is 0 Å². The van der Waals surface area contributed by atoms with Gasteiger partial charge in [-0.3, -0.25) is 4.79 Å². The van der Waals surface area contributed by atoms with Gasteiger partial charge >= 0.3 is 5.97 Å². The zero-order valence-corrected chi connectivity index (χ0v) is 17.4. The largest absolute Gasteiger partial charge is 0.488 e. The minimum atomic E-state index is -0.606. The Balaban J connectivity index is 1.60. The summed E-state index contributed by atoms with van der Waals surface area (Å²) in [6.07, 6.45) is 0. The van der Waals surface area contributed by atoms with E-state index in [0.29, 0.717) is 18.0 Å². The molecule has 0 heterocycles. The second-order valence-electron chi connectivity index (χ2n) is 7.22. The number of rotatable bonds is 7. The lowest BCUT2D eigenvalue weighted by Crippen LogP contribution is -2.21. The lowest BCUT2D eigenvalue weighted by molar-refractivity contribution is -0.119. The maximum Gasteiger partial charge on any atom is 0.342 e. The molecule has 0 aliphatic heterocycles. The Kier molecular flexibility index (Phi) is 6.86. The van der Waals surface area contributed by atoms with Crippen molar-refractivity contribution in [2.75, 3.05) is 11.9 Å². The number of hydrogen-bond donors (Lipinski definition) is 1. The maximum absolute atomic E-state index is 12.5. The molecule has 0 aromatic heterocycles. The molecule has 0 saturated heterocycles. The molecule has 0 radical (unpaired) electrons. The predicted molar refractivity (Wildman–Crippen MR) is 117 cm³/mol. The quantitative estimate of drug-likeness (QED) is 0.565. The van der Waals surface area contributed by atoms with Crippen LogP contribution in [0.15, 0.2) is 66.7 Å². The highest BCUT2D eigenvalue weighted by Crippen LogP contribution is 2.21. The number of benzene rings is 3. The van der Waals surface area contributed by atoms with E-state index in [1.807, 2.05) is 63.2 Å². The molecule has 0 saturated carbocycles. The second kappa shape index (κ2) is 9.74. The molecule has 5 heteroatoms. The van der Waals surface area contributed by atoms with E-state index < -0.39 is 11.9 Å². The average molecular weight is 403 g/mol. The van der Waals surface area contributed by atoms with Gasteiger partial charge in [0, 0.05) is 5.69 Å². The van der Waals surface area contributed by atoms with Crippen molar-refractivity contribution in [2.45, 2.75) is 27.4 Å². The first kappa shape index (κ1) is 21.1. The monoisotopic (exact) mass is 403 g/mol. The summed E-state index contributed by atoms with van der Waals surface area (Å²) in [5.41, 5.74) is 5.11. The highest BCUT2D eigenvalue weighted by atomic mass is 16.5. The number of esters is 1. The molecule has 1 N–H and O–H groups in total. The predicted octanol–water partition coefficient (Wildman–Crippen LogP) is 4.99. The molecular formula is C25H25NO4. The van der Waals surface area contributed by atoms with Gasteiger partial charge in [0.25, 0.3) is 5.91 Å². The van der Waals surface area contributed by atoms with Crippen LogP contribution < -0.4 is 10.1 Å². The third kappa shape index (κ3) is 5.70. The van der Waals surface area contributed by atoms with Crippen LogP contribution in [0.4, 0.5) is 5.69 Å². The third-order valence-corrected chi connectivity index (χ3v) is 4.59. The van der Waals surface area contributed by atoms with E-state index in [9.17, 15) is 9.59 Å². The van der Waals surface area contributed by atoms with Crippen LogP contribution in [0.25, 0.3) is 0 Å². The number of amides is 1. The number of nitrogens with one attached hydrogen (secondary N) is 1. The van der Waals surface area contributed by atoms with Gasteiger partial charge in [-0.25, -0.2) is 4.79 Å². The van der Waals surface area contributed by atoms with Crippen molar-refractivity contribution >= 4 is 17.6 Å². The van der Waals surface area contributed by atoms with Crippen LogP contribution in [-0.4, -0.2) is 18.5 Å². The minimum absolute atomic E-state index is 0.282. The Morgan fingerprint density at radius 2 is 1.63 bits per heavy atom. The molecule has 0 atom stereocenters. The van der Waals surface area contributed by atoms with Gasteiger partial charge in [-0.1, -0.05) is 54.1 Å². The van der Waals surface area contributed by atoms with Crippen molar-refractivity contribution in [3.8, 4) is 5.75 Å². The van der Waals surface area contributed by atoms with Crippen molar-refractivity contribution < 1.29 is 19.1 Å². The molecule has 5 nitrogen and oxygen atoms in total. The Bertz CT molecular complexity index is 1060. The van der Waals surface area contributed by atoms with Crippen molar-refractivity contribution in [3.63, 3.8) is 0 Å². The van der Waals surface area contributed by atoms with E-state index in [-0.39, 0.29) is 12.2 Å². The lowest BCUT2D eigenvalue weighted by atomic mass is 10.1. The molecule has 3 aromatic rings. The van der Waals surface area contributed by atoms with Crippen LogP contribution >= 0.6 is 0 Å². The van der Waals surface area contributed by atoms with Crippen LogP contribution in [0.1, 0.15) is 32.6 Å². The van der Waals surface area contributed by atoms with Crippen LogP contribution in [0.5, 0.6) is 5.75 Å². The number of hydrogen-bond acceptors (Lipinski definition) is 4. The molecule has 3 rings (SSSR count). The van der Waals surface area contributed by atoms with E-state index in [2.05, 4.69) is 5.32 Å². The average Bonchev–Trinajstić information content (AvgIpc) is 2.73. The minimum Gasteiger partial charge on any atom is -0.488 e. The van der Waals surface area contributed by atoms with Gasteiger partial charge in [0.2, 0.25) is 0 Å². The fraction of sp³-hybridized carbons (Fsp3) is 0.200. The Hall–Kier alpha value is -3.60. The second-order valence-corrected chi connectivity index (χ2v) is 7.22. The van der Waals surface area contributed by atoms with E-state index in [1.54, 1.807) is 24.3 Å². The maximum atomic E-state index is 12.5. The fourth-order valence-electron chi connectivity index (χ4n) is 2.99. The van der Waals surface area contributed by atoms with Gasteiger partial charge in [-0.2, -0.15) is 0 Å². The summed E-state index contributed by atoms with van der Waals surface area (Å²) in [6, 6.07) is 20.6. The van der Waals surface area contributed by atoms with Crippen molar-refractivity contribution in [2.24, 2.45) is 0 Å². The molecule has 0 bridgehead atoms. The van der Waals surface area contributed by atoms with Crippen molar-refractivity contribution in [1.82, 2.24) is 0 Å². The summed E-state index contributed by atoms with van der Waals surface area (Å²) < 4.78 is 11.0. The highest BCUT2D eigenvalue weighted by molar-refractivity contribution is 5.97. The molecule has 0 aliphatic carbocycles. The van der Waals surface area contributed by atoms with E-state index in [4.69, 9.17) is 9.47 Å². The molecule has 1 amide bonds. The molecular weight excluding hydrogens is 378 g/mol. The highest BCUT2D eigenvalue weighted by Gasteiger charge is 2.16. The van der Waals surface area contributed by atoms with Gasteiger partial charge in [0.05, 0.1) is 0 Å². The zero-order chi connectivity index (χ0) is 21.5. The topological polar surface area (TPSA) is 64.6 Å². The normalized spacial score (nSPS) is 10.4. The lowest BCUT2D eigenvalue weighted by Gasteiger charge is -2.12. The first-order valence-electron chi connectivity index (χ1n) is 9.74. The van der Waals surface area contributed by atoms with Gasteiger partial charge < -0.3 is 14.8 Å². The first-order valence-corrected chi connectivity index (χ1v) is 9.74. The number of para-hydroxylation sites is 1. The van der Waals surface area contributed by atoms with Gasteiger partial charge in [-0.15, -0.1) is 0 Å². The molecule has 30 heavy (non-hydrogen) atoms. The molecule has 0 aliphatic rings. The Labute approximate surface area is 176 Å². The number of anilines is 1. The van der Waals surface area contributed by atoms with Gasteiger partial charge in [0.15, 0.2) is 6.61 Å². The van der Waals surface area contributed by atoms with Crippen LogP contribution in [0.2, 0.25) is 0 Å². The molecule has 0 fully saturated rings. The number of ether oxygens (including phenoxy) is 2.